The van der Waals surface area contributed by atoms with Crippen molar-refractivity contribution in [1.82, 2.24) is 0 Å². The smallest absolute Gasteiger partial charge is 0.279 e. The number of nitrogens with zero attached hydrogens (tertiary/aromatic N) is 1. The molecule has 1 heterocycles. The first-order chi connectivity index (χ1) is 11.6. The van der Waals surface area contributed by atoms with E-state index in [1.807, 2.05) is 36.4 Å². The lowest BCUT2D eigenvalue weighted by Crippen LogP contribution is -3.15. The normalized spacial score (nSPS) is 15.3. The molecule has 24 heavy (non-hydrogen) atoms. The van der Waals surface area contributed by atoms with E-state index in [2.05, 4.69) is 26.1 Å². The van der Waals surface area contributed by atoms with Crippen LogP contribution in [0.3, 0.4) is 0 Å². The lowest BCUT2D eigenvalue weighted by atomic mass is 10.2. The molecule has 0 bridgehead atoms. The monoisotopic (exact) mass is 390 g/mol. The highest BCUT2D eigenvalue weighted by atomic mass is 79.9. The summed E-state index contributed by atoms with van der Waals surface area (Å²) < 4.78 is 0.997. The van der Waals surface area contributed by atoms with Crippen LogP contribution in [0.5, 0.6) is 5.75 Å². The van der Waals surface area contributed by atoms with E-state index < -0.39 is 0 Å². The van der Waals surface area contributed by atoms with E-state index in [1.165, 1.54) is 4.90 Å². The molecule has 1 amide bonds. The highest BCUT2D eigenvalue weighted by Gasteiger charge is 2.22. The van der Waals surface area contributed by atoms with Gasteiger partial charge in [0.25, 0.3) is 5.91 Å². The quantitative estimate of drug-likeness (QED) is 0.741. The molecule has 0 saturated carbocycles. The van der Waals surface area contributed by atoms with E-state index in [-0.39, 0.29) is 11.7 Å². The highest BCUT2D eigenvalue weighted by Crippen LogP contribution is 2.18. The van der Waals surface area contributed by atoms with Crippen LogP contribution < -0.4 is 15.1 Å². The van der Waals surface area contributed by atoms with Crippen molar-refractivity contribution in [1.29, 1.82) is 0 Å². The molecule has 6 heteroatoms. The van der Waals surface area contributed by atoms with Crippen molar-refractivity contribution in [3.05, 3.63) is 53.0 Å². The molecule has 1 fully saturated rings. The second-order valence-electron chi connectivity index (χ2n) is 5.99. The molecular formula is C18H21BrN3O2+. The van der Waals surface area contributed by atoms with Gasteiger partial charge in [-0.3, -0.25) is 4.79 Å². The largest absolute Gasteiger partial charge is 0.508 e. The summed E-state index contributed by atoms with van der Waals surface area (Å²) in [7, 11) is 0. The van der Waals surface area contributed by atoms with Crippen LogP contribution >= 0.6 is 15.9 Å². The number of nitrogens with one attached hydrogen (secondary N) is 2. The number of quaternary nitrogens is 1. The first-order valence-electron chi connectivity index (χ1n) is 8.03. The second kappa shape index (κ2) is 7.68. The molecule has 1 saturated heterocycles. The van der Waals surface area contributed by atoms with Gasteiger partial charge in [-0.05, 0) is 48.5 Å². The summed E-state index contributed by atoms with van der Waals surface area (Å²) in [5.41, 5.74) is 1.94. The maximum Gasteiger partial charge on any atom is 0.279 e. The molecule has 2 aromatic carbocycles. The van der Waals surface area contributed by atoms with Gasteiger partial charge in [-0.1, -0.05) is 15.9 Å². The SMILES string of the molecule is O=C(C[NH+]1CCN(c2ccc(O)cc2)CC1)Nc1ccc(Br)cc1. The Bertz CT molecular complexity index is 680. The fourth-order valence-electron chi connectivity index (χ4n) is 2.89. The van der Waals surface area contributed by atoms with E-state index in [1.54, 1.807) is 12.1 Å². The summed E-state index contributed by atoms with van der Waals surface area (Å²) in [6.07, 6.45) is 0. The molecule has 1 aliphatic heterocycles. The molecule has 0 radical (unpaired) electrons. The molecule has 2 aromatic rings. The molecule has 3 rings (SSSR count). The first kappa shape index (κ1) is 16.8. The minimum Gasteiger partial charge on any atom is -0.508 e. The first-order valence-corrected chi connectivity index (χ1v) is 8.82. The Hall–Kier alpha value is -2.05. The number of hydrogen-bond acceptors (Lipinski definition) is 3. The van der Waals surface area contributed by atoms with Gasteiger partial charge in [0, 0.05) is 15.8 Å². The third kappa shape index (κ3) is 4.49. The number of halogens is 1. The number of benzene rings is 2. The zero-order valence-corrected chi connectivity index (χ0v) is 14.9. The van der Waals surface area contributed by atoms with Gasteiger partial charge in [-0.25, -0.2) is 0 Å². The van der Waals surface area contributed by atoms with Crippen LogP contribution in [0.4, 0.5) is 11.4 Å². The molecule has 126 valence electrons. The van der Waals surface area contributed by atoms with Gasteiger partial charge in [0.05, 0.1) is 26.2 Å². The molecule has 5 nitrogen and oxygen atoms in total. The Morgan fingerprint density at radius 2 is 1.71 bits per heavy atom. The predicted octanol–water partition coefficient (Wildman–Crippen LogP) is 1.50. The van der Waals surface area contributed by atoms with Gasteiger partial charge in [0.15, 0.2) is 6.54 Å². The lowest BCUT2D eigenvalue weighted by molar-refractivity contribution is -0.892. The van der Waals surface area contributed by atoms with Crippen LogP contribution in [0.2, 0.25) is 0 Å². The van der Waals surface area contributed by atoms with Gasteiger partial charge in [0.1, 0.15) is 5.75 Å². The molecule has 3 N–H and O–H groups in total. The summed E-state index contributed by atoms with van der Waals surface area (Å²) in [5, 5.41) is 12.3. The van der Waals surface area contributed by atoms with Crippen molar-refractivity contribution in [2.75, 3.05) is 42.9 Å². The fourth-order valence-corrected chi connectivity index (χ4v) is 3.15. The number of anilines is 2. The zero-order valence-electron chi connectivity index (χ0n) is 13.3. The van der Waals surface area contributed by atoms with Crippen LogP contribution in [-0.2, 0) is 4.79 Å². The number of hydrogen-bond donors (Lipinski definition) is 3. The Balaban J connectivity index is 1.47. The topological polar surface area (TPSA) is 57.0 Å². The lowest BCUT2D eigenvalue weighted by Gasteiger charge is -2.33. The number of rotatable bonds is 4. The number of carbonyl (C=O) groups excluding carboxylic acids is 1. The third-order valence-electron chi connectivity index (χ3n) is 4.22. The van der Waals surface area contributed by atoms with Gasteiger partial charge >= 0.3 is 0 Å². The number of piperazine rings is 1. The van der Waals surface area contributed by atoms with Crippen LogP contribution in [0, 0.1) is 0 Å². The fraction of sp³-hybridized carbons (Fsp3) is 0.278. The Morgan fingerprint density at radius 1 is 1.08 bits per heavy atom. The number of carbonyl (C=O) groups is 1. The minimum atomic E-state index is 0.0467. The van der Waals surface area contributed by atoms with Crippen LogP contribution in [0.25, 0.3) is 0 Å². The Kier molecular flexibility index (Phi) is 5.37. The van der Waals surface area contributed by atoms with Gasteiger partial charge in [0.2, 0.25) is 0 Å². The molecule has 1 aliphatic rings. The second-order valence-corrected chi connectivity index (χ2v) is 6.90. The average molecular weight is 391 g/mol. The average Bonchev–Trinajstić information content (AvgIpc) is 2.58. The van der Waals surface area contributed by atoms with Gasteiger partial charge < -0.3 is 20.2 Å². The van der Waals surface area contributed by atoms with E-state index >= 15 is 0 Å². The molecule has 0 unspecified atom stereocenters. The molecule has 0 atom stereocenters. The van der Waals surface area contributed by atoms with Crippen LogP contribution in [0.15, 0.2) is 53.0 Å². The number of phenolic OH excluding ortho intramolecular Hbond substituents is 1. The van der Waals surface area contributed by atoms with E-state index in [9.17, 15) is 9.90 Å². The predicted molar refractivity (Wildman–Crippen MR) is 98.7 cm³/mol. The third-order valence-corrected chi connectivity index (χ3v) is 4.75. The molecular weight excluding hydrogens is 370 g/mol. The van der Waals surface area contributed by atoms with Gasteiger partial charge in [-0.2, -0.15) is 0 Å². The molecule has 0 aromatic heterocycles. The summed E-state index contributed by atoms with van der Waals surface area (Å²) in [6.45, 7) is 4.15. The van der Waals surface area contributed by atoms with E-state index in [0.717, 1.165) is 42.0 Å². The van der Waals surface area contributed by atoms with Gasteiger partial charge in [-0.15, -0.1) is 0 Å². The van der Waals surface area contributed by atoms with Crippen molar-refractivity contribution in [2.45, 2.75) is 0 Å². The van der Waals surface area contributed by atoms with E-state index in [4.69, 9.17) is 0 Å². The van der Waals surface area contributed by atoms with Crippen molar-refractivity contribution < 1.29 is 14.8 Å². The van der Waals surface area contributed by atoms with Crippen molar-refractivity contribution in [3.63, 3.8) is 0 Å². The van der Waals surface area contributed by atoms with Crippen LogP contribution in [-0.4, -0.2) is 43.7 Å². The summed E-state index contributed by atoms with van der Waals surface area (Å²) in [6, 6.07) is 14.9. The van der Waals surface area contributed by atoms with E-state index in [0.29, 0.717) is 6.54 Å². The summed E-state index contributed by atoms with van der Waals surface area (Å²) >= 11 is 3.38. The summed E-state index contributed by atoms with van der Waals surface area (Å²) in [5.74, 6) is 0.332. The number of amides is 1. The van der Waals surface area contributed by atoms with Crippen molar-refractivity contribution in [3.8, 4) is 5.75 Å². The highest BCUT2D eigenvalue weighted by molar-refractivity contribution is 9.10. The van der Waals surface area contributed by atoms with Crippen molar-refractivity contribution in [2.24, 2.45) is 0 Å². The maximum absolute atomic E-state index is 12.2. The van der Waals surface area contributed by atoms with Crippen molar-refractivity contribution >= 4 is 33.2 Å². The maximum atomic E-state index is 12.2. The number of aromatic hydroxyl groups is 1. The summed E-state index contributed by atoms with van der Waals surface area (Å²) in [4.78, 5) is 15.7. The van der Waals surface area contributed by atoms with Crippen LogP contribution in [0.1, 0.15) is 0 Å². The Morgan fingerprint density at radius 3 is 2.33 bits per heavy atom. The minimum absolute atomic E-state index is 0.0467. The molecule has 0 spiro atoms. The zero-order chi connectivity index (χ0) is 16.9. The Labute approximate surface area is 150 Å². The number of phenols is 1. The molecule has 0 aliphatic carbocycles. The standard InChI is InChI=1S/C18H20BrN3O2/c19-14-1-3-15(4-2-14)20-18(24)13-21-9-11-22(12-10-21)16-5-7-17(23)8-6-16/h1-8,23H,9-13H2,(H,20,24)/p+1.